The second-order valence-corrected chi connectivity index (χ2v) is 10.2. The smallest absolute Gasteiger partial charge is 0.346 e. The summed E-state index contributed by atoms with van der Waals surface area (Å²) in [5.41, 5.74) is 5.06. The highest BCUT2D eigenvalue weighted by atomic mass is 32.1. The van der Waals surface area contributed by atoms with E-state index in [0.717, 1.165) is 47.3 Å². The minimum absolute atomic E-state index is 0.126. The minimum Gasteiger partial charge on any atom is -0.422 e. The van der Waals surface area contributed by atoms with Crippen molar-refractivity contribution in [2.45, 2.75) is 39.2 Å². The molecule has 0 N–H and O–H groups in total. The summed E-state index contributed by atoms with van der Waals surface area (Å²) in [6.45, 7) is 8.28. The van der Waals surface area contributed by atoms with Crippen molar-refractivity contribution < 1.29 is 9.15 Å². The monoisotopic (exact) mass is 460 g/mol. The quantitative estimate of drug-likeness (QED) is 0.243. The molecule has 0 bridgehead atoms. The number of fused-ring (bicyclic) bond motifs is 3. The maximum Gasteiger partial charge on any atom is 0.346 e. The summed E-state index contributed by atoms with van der Waals surface area (Å²) in [5, 5.41) is 1.60. The van der Waals surface area contributed by atoms with E-state index in [1.807, 2.05) is 36.4 Å². The Kier molecular flexibility index (Phi) is 5.59. The molecule has 0 amide bonds. The van der Waals surface area contributed by atoms with Gasteiger partial charge < -0.3 is 14.1 Å². The SMILES string of the molecule is COCCCCN1c2cc3oc(=O)c(-c4nc5ccccc5s4)cc3cc2C(C)=CC1(C)C. The Balaban J connectivity index is 1.60. The van der Waals surface area contributed by atoms with Gasteiger partial charge in [-0.1, -0.05) is 18.2 Å². The van der Waals surface area contributed by atoms with Crippen molar-refractivity contribution in [3.8, 4) is 10.6 Å². The van der Waals surface area contributed by atoms with Crippen molar-refractivity contribution in [2.75, 3.05) is 25.2 Å². The van der Waals surface area contributed by atoms with E-state index in [4.69, 9.17) is 9.15 Å². The Labute approximate surface area is 197 Å². The predicted molar refractivity (Wildman–Crippen MR) is 137 cm³/mol. The fourth-order valence-electron chi connectivity index (χ4n) is 4.75. The summed E-state index contributed by atoms with van der Waals surface area (Å²) in [7, 11) is 1.74. The van der Waals surface area contributed by atoms with Crippen LogP contribution in [0.5, 0.6) is 0 Å². The highest BCUT2D eigenvalue weighted by Gasteiger charge is 2.31. The number of allylic oxidation sites excluding steroid dienone is 1. The second-order valence-electron chi connectivity index (χ2n) is 9.17. The molecule has 0 fully saturated rings. The summed E-state index contributed by atoms with van der Waals surface area (Å²) < 4.78 is 12.1. The van der Waals surface area contributed by atoms with Gasteiger partial charge in [-0.25, -0.2) is 9.78 Å². The minimum atomic E-state index is -0.351. The molecule has 3 heterocycles. The number of hydrogen-bond donors (Lipinski definition) is 0. The van der Waals surface area contributed by atoms with Gasteiger partial charge in [0.15, 0.2) is 0 Å². The summed E-state index contributed by atoms with van der Waals surface area (Å²) in [6, 6.07) is 14.0. The van der Waals surface area contributed by atoms with Gasteiger partial charge in [-0.05, 0) is 63.5 Å². The largest absolute Gasteiger partial charge is 0.422 e. The Morgan fingerprint density at radius 3 is 2.70 bits per heavy atom. The summed E-state index contributed by atoms with van der Waals surface area (Å²) >= 11 is 1.51. The van der Waals surface area contributed by atoms with Gasteiger partial charge in [0, 0.05) is 43.0 Å². The number of hydrogen-bond acceptors (Lipinski definition) is 6. The maximum absolute atomic E-state index is 13.0. The van der Waals surface area contributed by atoms with E-state index >= 15 is 0 Å². The first-order valence-electron chi connectivity index (χ1n) is 11.3. The van der Waals surface area contributed by atoms with E-state index in [1.165, 1.54) is 22.5 Å². The average Bonchev–Trinajstić information content (AvgIpc) is 3.20. The van der Waals surface area contributed by atoms with Crippen molar-refractivity contribution >= 4 is 43.8 Å². The van der Waals surface area contributed by atoms with E-state index < -0.39 is 0 Å². The van der Waals surface area contributed by atoms with Crippen LogP contribution in [0.3, 0.4) is 0 Å². The third kappa shape index (κ3) is 3.98. The lowest BCUT2D eigenvalue weighted by molar-refractivity contribution is 0.193. The van der Waals surface area contributed by atoms with Crippen LogP contribution in [0, 0.1) is 0 Å². The summed E-state index contributed by atoms with van der Waals surface area (Å²) in [4.78, 5) is 20.0. The number of ether oxygens (including phenoxy) is 1. The molecule has 0 aliphatic carbocycles. The predicted octanol–water partition coefficient (Wildman–Crippen LogP) is 6.50. The normalized spacial score (nSPS) is 15.2. The topological polar surface area (TPSA) is 55.6 Å². The molecule has 0 saturated carbocycles. The Bertz CT molecular complexity index is 1400. The fourth-order valence-corrected chi connectivity index (χ4v) is 5.72. The van der Waals surface area contributed by atoms with Crippen molar-refractivity contribution in [3.63, 3.8) is 0 Å². The van der Waals surface area contributed by atoms with Crippen LogP contribution in [-0.2, 0) is 4.74 Å². The highest BCUT2D eigenvalue weighted by molar-refractivity contribution is 7.21. The molecule has 5 nitrogen and oxygen atoms in total. The molecule has 4 aromatic rings. The fraction of sp³-hybridized carbons (Fsp3) is 0.333. The molecule has 0 radical (unpaired) electrons. The highest BCUT2D eigenvalue weighted by Crippen LogP contribution is 2.41. The zero-order chi connectivity index (χ0) is 23.2. The lowest BCUT2D eigenvalue weighted by Crippen LogP contribution is -2.45. The van der Waals surface area contributed by atoms with E-state index in [2.05, 4.69) is 42.8 Å². The van der Waals surface area contributed by atoms with Crippen molar-refractivity contribution in [3.05, 3.63) is 64.5 Å². The molecule has 33 heavy (non-hydrogen) atoms. The molecule has 6 heteroatoms. The average molecular weight is 461 g/mol. The Morgan fingerprint density at radius 2 is 1.91 bits per heavy atom. The van der Waals surface area contributed by atoms with E-state index in [-0.39, 0.29) is 11.2 Å². The molecule has 1 aliphatic rings. The molecule has 170 valence electrons. The van der Waals surface area contributed by atoms with Crippen LogP contribution in [0.1, 0.15) is 39.2 Å². The van der Waals surface area contributed by atoms with Gasteiger partial charge in [0.1, 0.15) is 10.6 Å². The van der Waals surface area contributed by atoms with E-state index in [1.54, 1.807) is 7.11 Å². The Hall–Kier alpha value is -2.96. The van der Waals surface area contributed by atoms with Crippen molar-refractivity contribution in [1.29, 1.82) is 0 Å². The number of nitrogens with zero attached hydrogens (tertiary/aromatic N) is 2. The molecule has 0 spiro atoms. The first-order valence-corrected chi connectivity index (χ1v) is 12.1. The van der Waals surface area contributed by atoms with Crippen LogP contribution in [0.25, 0.3) is 37.3 Å². The lowest BCUT2D eigenvalue weighted by atomic mass is 9.88. The summed E-state index contributed by atoms with van der Waals surface area (Å²) in [5.74, 6) is 0. The number of methoxy groups -OCH3 is 1. The number of unbranched alkanes of at least 4 members (excludes halogenated alkanes) is 1. The summed E-state index contributed by atoms with van der Waals surface area (Å²) in [6.07, 6.45) is 4.36. The molecule has 2 aromatic heterocycles. The number of rotatable bonds is 6. The van der Waals surface area contributed by atoms with Crippen molar-refractivity contribution in [2.24, 2.45) is 0 Å². The van der Waals surface area contributed by atoms with E-state index in [9.17, 15) is 4.79 Å². The van der Waals surface area contributed by atoms with Gasteiger partial charge in [0.25, 0.3) is 0 Å². The van der Waals surface area contributed by atoms with Gasteiger partial charge in [0.05, 0.1) is 21.3 Å². The van der Waals surface area contributed by atoms with Gasteiger partial charge in [0.2, 0.25) is 0 Å². The molecule has 0 unspecified atom stereocenters. The number of aromatic nitrogens is 1. The lowest BCUT2D eigenvalue weighted by Gasteiger charge is -2.43. The van der Waals surface area contributed by atoms with E-state index in [0.29, 0.717) is 16.2 Å². The molecular weight excluding hydrogens is 432 g/mol. The van der Waals surface area contributed by atoms with Crippen LogP contribution in [0.15, 0.2) is 57.8 Å². The van der Waals surface area contributed by atoms with Crippen LogP contribution in [0.2, 0.25) is 0 Å². The first kappa shape index (κ1) is 21.9. The molecule has 5 rings (SSSR count). The number of anilines is 1. The number of para-hydroxylation sites is 1. The zero-order valence-electron chi connectivity index (χ0n) is 19.5. The van der Waals surface area contributed by atoms with Gasteiger partial charge in [-0.15, -0.1) is 11.3 Å². The van der Waals surface area contributed by atoms with Crippen LogP contribution >= 0.6 is 11.3 Å². The third-order valence-electron chi connectivity index (χ3n) is 6.34. The molecular formula is C27H28N2O3S. The molecule has 1 aliphatic heterocycles. The van der Waals surface area contributed by atoms with Crippen molar-refractivity contribution in [1.82, 2.24) is 4.98 Å². The molecule has 0 atom stereocenters. The van der Waals surface area contributed by atoms with Crippen LogP contribution in [0.4, 0.5) is 5.69 Å². The van der Waals surface area contributed by atoms with Gasteiger partial charge >= 0.3 is 5.63 Å². The van der Waals surface area contributed by atoms with Crippen LogP contribution in [-0.4, -0.2) is 30.8 Å². The Morgan fingerprint density at radius 1 is 1.12 bits per heavy atom. The van der Waals surface area contributed by atoms with Crippen LogP contribution < -0.4 is 10.5 Å². The van der Waals surface area contributed by atoms with Gasteiger partial charge in [-0.2, -0.15) is 0 Å². The third-order valence-corrected chi connectivity index (χ3v) is 7.41. The number of thiazole rings is 1. The zero-order valence-corrected chi connectivity index (χ0v) is 20.3. The molecule has 2 aromatic carbocycles. The second kappa shape index (κ2) is 8.43. The van der Waals surface area contributed by atoms with Gasteiger partial charge in [-0.3, -0.25) is 0 Å². The standard InChI is InChI=1S/C27H28N2O3S/c1-17-16-27(2,3)29(11-7-8-12-31-4)22-15-23-18(13-19(17)22)14-20(26(30)32-23)25-28-21-9-5-6-10-24(21)33-25/h5-6,9-10,13-16H,7-8,11-12H2,1-4H3. The molecule has 0 saturated heterocycles. The first-order chi connectivity index (χ1) is 15.9. The number of benzene rings is 2. The maximum atomic E-state index is 13.0.